The van der Waals surface area contributed by atoms with E-state index < -0.39 is 0 Å². The highest BCUT2D eigenvalue weighted by atomic mass is 16.1. The minimum atomic E-state index is -0.337. The number of H-pyrrole nitrogens is 1. The Balaban J connectivity index is 2.17. The first-order chi connectivity index (χ1) is 7.79. The summed E-state index contributed by atoms with van der Waals surface area (Å²) < 4.78 is 0. The Bertz CT molecular complexity index is 396. The first-order valence-corrected chi connectivity index (χ1v) is 5.77. The van der Waals surface area contributed by atoms with Gasteiger partial charge in [-0.3, -0.25) is 4.98 Å². The maximum Gasteiger partial charge on any atom is 0.350 e. The molecule has 88 valence electrons. The van der Waals surface area contributed by atoms with E-state index in [2.05, 4.69) is 27.2 Å². The van der Waals surface area contributed by atoms with Crippen molar-refractivity contribution < 1.29 is 0 Å². The van der Waals surface area contributed by atoms with Gasteiger partial charge in [0.1, 0.15) is 0 Å². The molecule has 0 aliphatic carbocycles. The molecule has 2 N–H and O–H groups in total. The molecule has 2 rings (SSSR count). The summed E-state index contributed by atoms with van der Waals surface area (Å²) in [5.74, 6) is 1.06. The summed E-state index contributed by atoms with van der Waals surface area (Å²) in [5.41, 5.74) is -0.337. The minimum absolute atomic E-state index is 0.337. The lowest BCUT2D eigenvalue weighted by atomic mass is 10.4. The van der Waals surface area contributed by atoms with E-state index in [-0.39, 0.29) is 5.69 Å². The zero-order valence-electron chi connectivity index (χ0n) is 9.49. The zero-order chi connectivity index (χ0) is 11.4. The van der Waals surface area contributed by atoms with Crippen molar-refractivity contribution in [3.63, 3.8) is 0 Å². The topological polar surface area (TPSA) is 73.9 Å². The summed E-state index contributed by atoms with van der Waals surface area (Å²) in [6.45, 7) is 4.74. The van der Waals surface area contributed by atoms with Crippen LogP contribution in [0.4, 0.5) is 11.9 Å². The number of aromatic nitrogens is 3. The number of hydrogen-bond acceptors (Lipinski definition) is 5. The van der Waals surface area contributed by atoms with E-state index in [1.54, 1.807) is 0 Å². The SMILES string of the molecule is CCCNc1nc(N2CCCC2)nc(=O)[nH]1. The van der Waals surface area contributed by atoms with Crippen LogP contribution >= 0.6 is 0 Å². The Morgan fingerprint density at radius 2 is 2.12 bits per heavy atom. The summed E-state index contributed by atoms with van der Waals surface area (Å²) in [4.78, 5) is 24.2. The second kappa shape index (κ2) is 4.96. The lowest BCUT2D eigenvalue weighted by Crippen LogP contribution is -2.26. The van der Waals surface area contributed by atoms with Crippen LogP contribution in [0.2, 0.25) is 0 Å². The number of anilines is 2. The average molecular weight is 223 g/mol. The van der Waals surface area contributed by atoms with Crippen LogP contribution in [-0.4, -0.2) is 34.6 Å². The van der Waals surface area contributed by atoms with Gasteiger partial charge < -0.3 is 10.2 Å². The van der Waals surface area contributed by atoms with Crippen molar-refractivity contribution in [3.8, 4) is 0 Å². The van der Waals surface area contributed by atoms with E-state index in [0.717, 1.165) is 38.9 Å². The van der Waals surface area contributed by atoms with Crippen molar-refractivity contribution in [3.05, 3.63) is 10.5 Å². The Kier molecular flexibility index (Phi) is 3.38. The van der Waals surface area contributed by atoms with E-state index in [4.69, 9.17) is 0 Å². The molecule has 1 saturated heterocycles. The minimum Gasteiger partial charge on any atom is -0.356 e. The fourth-order valence-electron chi connectivity index (χ4n) is 1.76. The zero-order valence-corrected chi connectivity index (χ0v) is 9.49. The fourth-order valence-corrected chi connectivity index (χ4v) is 1.76. The van der Waals surface area contributed by atoms with Gasteiger partial charge in [-0.25, -0.2) is 4.79 Å². The lowest BCUT2D eigenvalue weighted by Gasteiger charge is -2.14. The van der Waals surface area contributed by atoms with Crippen molar-refractivity contribution in [2.45, 2.75) is 26.2 Å². The molecule has 0 atom stereocenters. The largest absolute Gasteiger partial charge is 0.356 e. The standard InChI is InChI=1S/C10H17N5O/c1-2-5-11-8-12-9(14-10(16)13-8)15-6-3-4-7-15/h2-7H2,1H3,(H2,11,12,13,14,16). The molecule has 1 aliphatic rings. The third-order valence-electron chi connectivity index (χ3n) is 2.57. The van der Waals surface area contributed by atoms with Crippen LogP contribution in [0.1, 0.15) is 26.2 Å². The summed E-state index contributed by atoms with van der Waals surface area (Å²) >= 11 is 0. The summed E-state index contributed by atoms with van der Waals surface area (Å²) in [5, 5.41) is 3.07. The van der Waals surface area contributed by atoms with Gasteiger partial charge in [0.15, 0.2) is 0 Å². The number of hydrogen-bond donors (Lipinski definition) is 2. The number of nitrogens with one attached hydrogen (secondary N) is 2. The monoisotopic (exact) mass is 223 g/mol. The van der Waals surface area contributed by atoms with Gasteiger partial charge in [-0.15, -0.1) is 0 Å². The van der Waals surface area contributed by atoms with Crippen molar-refractivity contribution in [2.75, 3.05) is 29.9 Å². The Labute approximate surface area is 94.1 Å². The molecule has 0 unspecified atom stereocenters. The van der Waals surface area contributed by atoms with E-state index in [9.17, 15) is 4.79 Å². The number of aromatic amines is 1. The molecule has 16 heavy (non-hydrogen) atoms. The normalized spacial score (nSPS) is 15.4. The van der Waals surface area contributed by atoms with Crippen LogP contribution in [0.5, 0.6) is 0 Å². The molecule has 0 radical (unpaired) electrons. The van der Waals surface area contributed by atoms with Crippen molar-refractivity contribution in [2.24, 2.45) is 0 Å². The van der Waals surface area contributed by atoms with E-state index >= 15 is 0 Å². The molecule has 0 saturated carbocycles. The molecular weight excluding hydrogens is 206 g/mol. The smallest absolute Gasteiger partial charge is 0.350 e. The highest BCUT2D eigenvalue weighted by molar-refractivity contribution is 5.36. The summed E-state index contributed by atoms with van der Waals surface area (Å²) in [6, 6.07) is 0. The quantitative estimate of drug-likeness (QED) is 0.781. The molecule has 2 heterocycles. The van der Waals surface area contributed by atoms with Gasteiger partial charge in [0, 0.05) is 19.6 Å². The van der Waals surface area contributed by atoms with Crippen molar-refractivity contribution in [1.82, 2.24) is 15.0 Å². The van der Waals surface area contributed by atoms with Crippen LogP contribution in [-0.2, 0) is 0 Å². The third-order valence-corrected chi connectivity index (χ3v) is 2.57. The molecule has 0 aromatic carbocycles. The Morgan fingerprint density at radius 1 is 1.38 bits per heavy atom. The molecular formula is C10H17N5O. The Morgan fingerprint density at radius 3 is 2.81 bits per heavy atom. The van der Waals surface area contributed by atoms with Crippen LogP contribution in [0.3, 0.4) is 0 Å². The second-order valence-electron chi connectivity index (χ2n) is 3.92. The van der Waals surface area contributed by atoms with E-state index in [0.29, 0.717) is 11.9 Å². The molecule has 6 nitrogen and oxygen atoms in total. The summed E-state index contributed by atoms with van der Waals surface area (Å²) in [6.07, 6.45) is 3.28. The maximum atomic E-state index is 11.4. The lowest BCUT2D eigenvalue weighted by molar-refractivity contribution is 0.853. The first kappa shape index (κ1) is 10.9. The first-order valence-electron chi connectivity index (χ1n) is 5.77. The molecule has 6 heteroatoms. The predicted octanol–water partition coefficient (Wildman–Crippen LogP) is 0.587. The van der Waals surface area contributed by atoms with Crippen LogP contribution in [0.15, 0.2) is 4.79 Å². The van der Waals surface area contributed by atoms with Gasteiger partial charge >= 0.3 is 5.69 Å². The Hall–Kier alpha value is -1.59. The molecule has 0 amide bonds. The molecule has 1 aliphatic heterocycles. The van der Waals surface area contributed by atoms with Crippen LogP contribution in [0.25, 0.3) is 0 Å². The second-order valence-corrected chi connectivity index (χ2v) is 3.92. The molecule has 1 aromatic rings. The average Bonchev–Trinajstić information content (AvgIpc) is 2.79. The maximum absolute atomic E-state index is 11.4. The van der Waals surface area contributed by atoms with E-state index in [1.807, 2.05) is 4.90 Å². The predicted molar refractivity (Wildman–Crippen MR) is 62.9 cm³/mol. The van der Waals surface area contributed by atoms with Gasteiger partial charge in [-0.2, -0.15) is 9.97 Å². The highest BCUT2D eigenvalue weighted by Crippen LogP contribution is 2.14. The van der Waals surface area contributed by atoms with Gasteiger partial charge in [-0.1, -0.05) is 6.92 Å². The van der Waals surface area contributed by atoms with Crippen molar-refractivity contribution >= 4 is 11.9 Å². The van der Waals surface area contributed by atoms with Crippen molar-refractivity contribution in [1.29, 1.82) is 0 Å². The summed E-state index contributed by atoms with van der Waals surface area (Å²) in [7, 11) is 0. The highest BCUT2D eigenvalue weighted by Gasteiger charge is 2.16. The fraction of sp³-hybridized carbons (Fsp3) is 0.700. The number of nitrogens with zero attached hydrogens (tertiary/aromatic N) is 3. The van der Waals surface area contributed by atoms with Gasteiger partial charge in [0.05, 0.1) is 0 Å². The van der Waals surface area contributed by atoms with Gasteiger partial charge in [0.25, 0.3) is 0 Å². The molecule has 0 spiro atoms. The van der Waals surface area contributed by atoms with Gasteiger partial charge in [0.2, 0.25) is 11.9 Å². The number of rotatable bonds is 4. The van der Waals surface area contributed by atoms with Crippen LogP contribution < -0.4 is 15.9 Å². The van der Waals surface area contributed by atoms with E-state index in [1.165, 1.54) is 0 Å². The molecule has 0 bridgehead atoms. The van der Waals surface area contributed by atoms with Crippen LogP contribution in [0, 0.1) is 0 Å². The molecule has 1 aromatic heterocycles. The third kappa shape index (κ3) is 2.50. The van der Waals surface area contributed by atoms with Gasteiger partial charge in [-0.05, 0) is 19.3 Å². The molecule has 1 fully saturated rings.